The van der Waals surface area contributed by atoms with Crippen LogP contribution < -0.4 is 4.72 Å². The maximum absolute atomic E-state index is 12.1. The van der Waals surface area contributed by atoms with Crippen molar-refractivity contribution in [1.29, 1.82) is 0 Å². The maximum atomic E-state index is 12.1. The number of likely N-dealkylation sites (tertiary alicyclic amines) is 1. The summed E-state index contributed by atoms with van der Waals surface area (Å²) in [5.41, 5.74) is 0. The van der Waals surface area contributed by atoms with Crippen LogP contribution in [0.4, 0.5) is 0 Å². The summed E-state index contributed by atoms with van der Waals surface area (Å²) in [5.74, 6) is 0. The van der Waals surface area contributed by atoms with E-state index in [0.29, 0.717) is 8.81 Å². The average molecular weight is 360 g/mol. The molecule has 4 nitrogen and oxygen atoms in total. The lowest BCUT2D eigenvalue weighted by molar-refractivity contribution is 0.407. The highest BCUT2D eigenvalue weighted by Crippen LogP contribution is 2.34. The van der Waals surface area contributed by atoms with Crippen LogP contribution in [0.1, 0.15) is 6.42 Å². The minimum atomic E-state index is -3.44. The van der Waals surface area contributed by atoms with Crippen molar-refractivity contribution in [1.82, 2.24) is 9.62 Å². The SMILES string of the molecule is CN1CCC(NS(=O)(=O)c2cc(Cl)c(Br)s2)C1. The van der Waals surface area contributed by atoms with E-state index in [0.717, 1.165) is 30.8 Å². The molecule has 0 aromatic carbocycles. The Morgan fingerprint density at radius 1 is 1.65 bits per heavy atom. The van der Waals surface area contributed by atoms with E-state index in [4.69, 9.17) is 11.6 Å². The molecule has 1 aromatic heterocycles. The zero-order valence-corrected chi connectivity index (χ0v) is 13.1. The Labute approximate surface area is 118 Å². The first-order valence-electron chi connectivity index (χ1n) is 5.04. The average Bonchev–Trinajstić information content (AvgIpc) is 2.75. The first-order chi connectivity index (χ1) is 7.88. The third-order valence-electron chi connectivity index (χ3n) is 2.60. The van der Waals surface area contributed by atoms with Gasteiger partial charge in [-0.05, 0) is 42.0 Å². The normalized spacial score (nSPS) is 22.2. The predicted octanol–water partition coefficient (Wildman–Crippen LogP) is 2.15. The Morgan fingerprint density at radius 2 is 2.35 bits per heavy atom. The van der Waals surface area contributed by atoms with Crippen molar-refractivity contribution >= 4 is 48.9 Å². The highest BCUT2D eigenvalue weighted by molar-refractivity contribution is 9.11. The molecule has 1 atom stereocenters. The van der Waals surface area contributed by atoms with Gasteiger partial charge in [-0.1, -0.05) is 11.6 Å². The third kappa shape index (κ3) is 3.21. The van der Waals surface area contributed by atoms with Crippen molar-refractivity contribution in [2.24, 2.45) is 0 Å². The van der Waals surface area contributed by atoms with E-state index in [2.05, 4.69) is 25.6 Å². The fourth-order valence-corrected chi connectivity index (χ4v) is 5.44. The van der Waals surface area contributed by atoms with Gasteiger partial charge in [-0.2, -0.15) is 0 Å². The van der Waals surface area contributed by atoms with Gasteiger partial charge < -0.3 is 4.90 Å². The van der Waals surface area contributed by atoms with Gasteiger partial charge in [0.05, 0.1) is 8.81 Å². The molecule has 0 amide bonds. The number of sulfonamides is 1. The van der Waals surface area contributed by atoms with Crippen LogP contribution in [-0.4, -0.2) is 39.5 Å². The first-order valence-corrected chi connectivity index (χ1v) is 8.51. The van der Waals surface area contributed by atoms with Crippen molar-refractivity contribution in [2.75, 3.05) is 20.1 Å². The summed E-state index contributed by atoms with van der Waals surface area (Å²) in [6.45, 7) is 1.67. The summed E-state index contributed by atoms with van der Waals surface area (Å²) < 4.78 is 27.7. The smallest absolute Gasteiger partial charge is 0.250 e. The molecule has 0 aliphatic carbocycles. The van der Waals surface area contributed by atoms with E-state index in [1.54, 1.807) is 0 Å². The lowest BCUT2D eigenvalue weighted by Crippen LogP contribution is -2.36. The summed E-state index contributed by atoms with van der Waals surface area (Å²) in [7, 11) is -1.46. The summed E-state index contributed by atoms with van der Waals surface area (Å²) in [6, 6.07) is 1.46. The fraction of sp³-hybridized carbons (Fsp3) is 0.556. The minimum Gasteiger partial charge on any atom is -0.305 e. The Balaban J connectivity index is 2.14. The van der Waals surface area contributed by atoms with Crippen LogP contribution in [0.3, 0.4) is 0 Å². The number of hydrogen-bond acceptors (Lipinski definition) is 4. The number of halogens is 2. The first kappa shape index (κ1) is 13.8. The van der Waals surface area contributed by atoms with E-state index >= 15 is 0 Å². The van der Waals surface area contributed by atoms with Crippen molar-refractivity contribution in [3.8, 4) is 0 Å². The Hall–Kier alpha value is 0.340. The fourth-order valence-electron chi connectivity index (χ4n) is 1.77. The third-order valence-corrected chi connectivity index (χ3v) is 7.07. The molecule has 1 aromatic rings. The van der Waals surface area contributed by atoms with Gasteiger partial charge in [-0.3, -0.25) is 0 Å². The maximum Gasteiger partial charge on any atom is 0.250 e. The van der Waals surface area contributed by atoms with Crippen LogP contribution in [0, 0.1) is 0 Å². The van der Waals surface area contributed by atoms with Gasteiger partial charge in [0.15, 0.2) is 0 Å². The molecular formula is C9H12BrClN2O2S2. The molecule has 0 saturated carbocycles. The molecule has 1 N–H and O–H groups in total. The van der Waals surface area contributed by atoms with E-state index in [1.807, 2.05) is 7.05 Å². The monoisotopic (exact) mass is 358 g/mol. The van der Waals surface area contributed by atoms with E-state index in [-0.39, 0.29) is 10.3 Å². The molecule has 1 aliphatic heterocycles. The zero-order valence-electron chi connectivity index (χ0n) is 9.11. The van der Waals surface area contributed by atoms with Crippen LogP contribution in [-0.2, 0) is 10.0 Å². The second-order valence-corrected chi connectivity index (χ2v) is 8.77. The minimum absolute atomic E-state index is 0.00958. The second-order valence-electron chi connectivity index (χ2n) is 4.06. The van der Waals surface area contributed by atoms with Crippen LogP contribution >= 0.6 is 38.9 Å². The molecule has 0 bridgehead atoms. The lowest BCUT2D eigenvalue weighted by atomic mass is 10.3. The topological polar surface area (TPSA) is 49.4 Å². The van der Waals surface area contributed by atoms with Crippen molar-refractivity contribution < 1.29 is 8.42 Å². The largest absolute Gasteiger partial charge is 0.305 e. The van der Waals surface area contributed by atoms with Crippen molar-refractivity contribution in [3.05, 3.63) is 14.9 Å². The molecule has 17 heavy (non-hydrogen) atoms. The summed E-state index contributed by atoms with van der Waals surface area (Å²) in [6.07, 6.45) is 0.843. The second kappa shape index (κ2) is 5.14. The zero-order chi connectivity index (χ0) is 12.6. The molecule has 96 valence electrons. The van der Waals surface area contributed by atoms with Gasteiger partial charge in [0.25, 0.3) is 0 Å². The number of nitrogens with zero attached hydrogens (tertiary/aromatic N) is 1. The standard InChI is InChI=1S/C9H12BrClN2O2S2/c1-13-3-2-6(5-13)12-17(14,15)8-4-7(11)9(10)16-8/h4,6,12H,2-3,5H2,1H3. The van der Waals surface area contributed by atoms with Crippen LogP contribution in [0.25, 0.3) is 0 Å². The number of rotatable bonds is 3. The van der Waals surface area contributed by atoms with Crippen molar-refractivity contribution in [2.45, 2.75) is 16.7 Å². The van der Waals surface area contributed by atoms with E-state index < -0.39 is 10.0 Å². The van der Waals surface area contributed by atoms with Gasteiger partial charge in [0.1, 0.15) is 4.21 Å². The van der Waals surface area contributed by atoms with Crippen molar-refractivity contribution in [3.63, 3.8) is 0 Å². The van der Waals surface area contributed by atoms with Crippen LogP contribution in [0.15, 0.2) is 14.1 Å². The van der Waals surface area contributed by atoms with Crippen LogP contribution in [0.2, 0.25) is 5.02 Å². The molecule has 0 radical (unpaired) electrons. The summed E-state index contributed by atoms with van der Waals surface area (Å²) in [5, 5.41) is 0.430. The quantitative estimate of drug-likeness (QED) is 0.899. The molecule has 0 spiro atoms. The molecule has 2 heterocycles. The predicted molar refractivity (Wildman–Crippen MR) is 73.3 cm³/mol. The van der Waals surface area contributed by atoms with Crippen LogP contribution in [0.5, 0.6) is 0 Å². The van der Waals surface area contributed by atoms with Gasteiger partial charge in [0.2, 0.25) is 10.0 Å². The molecule has 1 unspecified atom stereocenters. The molecule has 1 aliphatic rings. The number of nitrogens with one attached hydrogen (secondary N) is 1. The van der Waals surface area contributed by atoms with E-state index in [1.165, 1.54) is 6.07 Å². The number of thiophene rings is 1. The summed E-state index contributed by atoms with van der Waals surface area (Å²) >= 11 is 10.2. The molecular weight excluding hydrogens is 348 g/mol. The Bertz CT molecular complexity index is 498. The lowest BCUT2D eigenvalue weighted by Gasteiger charge is -2.11. The molecule has 1 fully saturated rings. The van der Waals surface area contributed by atoms with Gasteiger partial charge >= 0.3 is 0 Å². The van der Waals surface area contributed by atoms with Gasteiger partial charge in [-0.15, -0.1) is 11.3 Å². The van der Waals surface area contributed by atoms with Gasteiger partial charge in [0, 0.05) is 12.6 Å². The molecule has 1 saturated heterocycles. The number of hydrogen-bond donors (Lipinski definition) is 1. The Kier molecular flexibility index (Phi) is 4.16. The van der Waals surface area contributed by atoms with Gasteiger partial charge in [-0.25, -0.2) is 13.1 Å². The highest BCUT2D eigenvalue weighted by atomic mass is 79.9. The molecule has 2 rings (SSSR count). The van der Waals surface area contributed by atoms with E-state index in [9.17, 15) is 8.42 Å². The summed E-state index contributed by atoms with van der Waals surface area (Å²) in [4.78, 5) is 2.10. The molecule has 8 heteroatoms. The number of likely N-dealkylation sites (N-methyl/N-ethyl adjacent to an activating group) is 1. The Morgan fingerprint density at radius 3 is 2.82 bits per heavy atom. The highest BCUT2D eigenvalue weighted by Gasteiger charge is 2.27.